The number of nitrogens with one attached hydrogen (secondary N) is 1. The Morgan fingerprint density at radius 3 is 1.16 bits per heavy atom. The number of methoxy groups -OCH3 is 3. The zero-order valence-corrected chi connectivity index (χ0v) is 94.5. The Bertz CT molecular complexity index is 6570. The van der Waals surface area contributed by atoms with E-state index in [-0.39, 0.29) is 239 Å². The van der Waals surface area contributed by atoms with Gasteiger partial charge in [0.1, 0.15) is 69.0 Å². The van der Waals surface area contributed by atoms with E-state index in [0.717, 1.165) is 39.5 Å². The minimum Gasteiger partial charge on any atom is -1.00 e. The molecule has 0 amide bonds. The van der Waals surface area contributed by atoms with Gasteiger partial charge in [-0.2, -0.15) is 36.2 Å². The van der Waals surface area contributed by atoms with Crippen molar-refractivity contribution < 1.29 is 210 Å². The van der Waals surface area contributed by atoms with Crippen molar-refractivity contribution in [2.24, 2.45) is 0 Å². The number of nitrogen functional groups attached to an aromatic ring is 3. The number of hydrogen-bond acceptors (Lipinski definition) is 32. The third-order valence-electron chi connectivity index (χ3n) is 17.6. The third-order valence-corrected chi connectivity index (χ3v) is 18.4. The molecule has 0 bridgehead atoms. The molecule has 0 aliphatic heterocycles. The number of Topliss-reactive ketones (excluding diaryl/α,β-unsaturated/α-hetero) is 4. The molecular weight excluding hydrogens is 2130 g/mol. The molecule has 42 heteroatoms. The Morgan fingerprint density at radius 2 is 0.837 bits per heavy atom. The summed E-state index contributed by atoms with van der Waals surface area (Å²) in [7, 11) is 4.51. The average Bonchev–Trinajstić information content (AvgIpc) is 1.47. The number of nitrogens with zero attached hydrogens (tertiary/aromatic N) is 21. The van der Waals surface area contributed by atoms with Crippen molar-refractivity contribution in [2.75, 3.05) is 38.5 Å². The van der Waals surface area contributed by atoms with Crippen LogP contribution in [-0.2, 0) is 40.2 Å². The number of hydrogen-bond donors (Lipinski definition) is 5. The van der Waals surface area contributed by atoms with E-state index in [1.54, 1.807) is 145 Å². The fourth-order valence-electron chi connectivity index (χ4n) is 11.7. The molecule has 15 aromatic rings. The number of aliphatic hydroxyl groups is 1. The van der Waals surface area contributed by atoms with Crippen molar-refractivity contribution in [2.45, 2.75) is 92.9 Å². The van der Waals surface area contributed by atoms with Gasteiger partial charge in [0, 0.05) is 97.4 Å². The smallest absolute Gasteiger partial charge is 1.00 e. The summed E-state index contributed by atoms with van der Waals surface area (Å²) in [6, 6.07) is 54.2. The largest absolute Gasteiger partial charge is 2.00 e. The van der Waals surface area contributed by atoms with Crippen LogP contribution in [0.25, 0.3) is 56.3 Å². The van der Waals surface area contributed by atoms with E-state index >= 15 is 0 Å². The number of nitrogens with two attached hydrogens (primary N) is 3. The number of anilines is 3. The number of rotatable bonds is 21. The van der Waals surface area contributed by atoms with E-state index < -0.39 is 5.60 Å². The Labute approximate surface area is 938 Å². The summed E-state index contributed by atoms with van der Waals surface area (Å²) in [5.41, 5.74) is 32.8. The Kier molecular flexibility index (Phi) is 52.3. The molecule has 3 aromatic carbocycles. The molecule has 0 unspecified atom stereocenters. The number of carbonyl (C=O) groups excluding carboxylic acids is 5. The normalized spacial score (nSPS) is 9.81. The molecular formula is C93H92Br2ClCs2MgN25O11. The predicted molar refractivity (Wildman–Crippen MR) is 499 cm³/mol. The quantitative estimate of drug-likeness (QED) is 0.00968. The van der Waals surface area contributed by atoms with Gasteiger partial charge in [0.05, 0.1) is 139 Å². The number of aromatic amines is 1. The number of ether oxygens (including phenoxy) is 3. The standard InChI is InChI=1S/C24H23N7O2.C23H19N7O2.C12H9ClN4O.C12H13N3O.C8H8BrNO.C8H9NO.C4H6N2.CH2O3.CH3.BrH.2Cs.Mg.H/c1-24(2,32)21-9-5-7-17(28-21)14-31-13-16(12-27-31)19-10-20(30-23(26)29-19)18-8-4-6-15(11-25)22(18)33-3;1-14(31)19-8-4-6-17(27-19)13-30-12-16(11-26-30)20-9-21(29-23(25)28-20)18-7-3-5-15(10-24)22(18)32-2;1-18-11-7(6-14)3-2-4-8(11)9-5-10(13)17-12(15)16-9;1-9-6-13-15(7-9)8-11-4-3-5-12(14-11)10(2)16;1-6(11)8-4-2-3-7(5-9)10-8;1-6-4-3-5-8(9-6)7(2)10;1-4-2-5-6-3-4;2-1-4-3;;;;;;/h4-10,12-13,32H,14H2,1-3H3,(H2,26,29,30);3-9,11-12H,13H2,1-2H3,(H2,25,28,29);2-5H,1H3,(H2,15,16,17);3-7H,8H2,1-2H3;2-4H,5H2,1H3;3-5H,1-2H3;2-3H,1H3,(H,5,6);1,3H;1H3;1H;;;;/q;;;;;;;;-1;;2*+1;+2;-1/p-2. The SMILES string of the molecule is CC(=O)c1cccc(C)n1.CC(=O)c1cccc(CBr)n1.CC(=O)c1cccc(Cn2cc(C)cn2)n1.COc1c(C#N)cccc1-c1cc(-c2cnn(Cc3cccc(C(C)(C)O)n3)c2)nc(N)n1.COc1c(C#N)cccc1-c1cc(-c2cnn(Cc3cccc(C(C)=O)n3)c2)nc(N)n1.COc1c(C#N)cccc1-c1cc(Cl)nc(N)n1.Cc1cn[nH]c1.O=CO[O-].[Br-].[CH3-].[Cs+].[Cs+].[H-].[Mg+2]. The minimum absolute atomic E-state index is 0. The van der Waals surface area contributed by atoms with Gasteiger partial charge >= 0.3 is 161 Å². The van der Waals surface area contributed by atoms with Gasteiger partial charge in [-0.05, 0) is 155 Å². The second kappa shape index (κ2) is 59.7. The molecule has 15 rings (SSSR count). The van der Waals surface area contributed by atoms with Gasteiger partial charge in [-0.3, -0.25) is 53.1 Å². The van der Waals surface area contributed by atoms with Crippen LogP contribution in [0.15, 0.2) is 213 Å². The van der Waals surface area contributed by atoms with Crippen LogP contribution < -0.4 is 191 Å². The van der Waals surface area contributed by atoms with Gasteiger partial charge in [-0.25, -0.2) is 44.9 Å². The van der Waals surface area contributed by atoms with Crippen molar-refractivity contribution in [3.63, 3.8) is 0 Å². The van der Waals surface area contributed by atoms with E-state index in [9.17, 15) is 34.8 Å². The topological polar surface area (TPSA) is 539 Å². The first-order chi connectivity index (χ1) is 62.3. The molecule has 0 fully saturated rings. The summed E-state index contributed by atoms with van der Waals surface area (Å²) < 4.78 is 21.4. The van der Waals surface area contributed by atoms with Gasteiger partial charge in [-0.1, -0.05) is 76.1 Å². The zero-order valence-electron chi connectivity index (χ0n) is 77.6. The summed E-state index contributed by atoms with van der Waals surface area (Å²) in [6.45, 7) is 16.5. The molecule has 12 heterocycles. The number of para-hydroxylation sites is 3. The van der Waals surface area contributed by atoms with Gasteiger partial charge in [0.2, 0.25) is 17.8 Å². The number of benzene rings is 3. The monoisotopic (exact) mass is 2220 g/mol. The van der Waals surface area contributed by atoms with Crippen molar-refractivity contribution in [1.29, 1.82) is 15.8 Å². The van der Waals surface area contributed by atoms with E-state index in [1.807, 2.05) is 117 Å². The fraction of sp³-hybridized carbons (Fsp3) is 0.183. The van der Waals surface area contributed by atoms with Crippen LogP contribution in [0.5, 0.6) is 17.2 Å². The van der Waals surface area contributed by atoms with Crippen LogP contribution in [0.1, 0.15) is 147 Å². The third kappa shape index (κ3) is 37.2. The predicted octanol–water partition coefficient (Wildman–Crippen LogP) is 4.47. The van der Waals surface area contributed by atoms with Crippen LogP contribution in [0, 0.1) is 62.2 Å². The Hall–Kier alpha value is -11.0. The van der Waals surface area contributed by atoms with Gasteiger partial charge in [0.25, 0.3) is 6.47 Å². The Morgan fingerprint density at radius 1 is 0.496 bits per heavy atom. The van der Waals surface area contributed by atoms with Crippen LogP contribution in [0.3, 0.4) is 0 Å². The molecule has 0 atom stereocenters. The van der Waals surface area contributed by atoms with Crippen LogP contribution >= 0.6 is 27.5 Å². The number of aryl methyl sites for hydroxylation is 3. The van der Waals surface area contributed by atoms with Crippen molar-refractivity contribution in [1.82, 2.24) is 94.4 Å². The molecule has 0 saturated carbocycles. The van der Waals surface area contributed by atoms with Gasteiger partial charge in [0.15, 0.2) is 23.1 Å². The van der Waals surface area contributed by atoms with Gasteiger partial charge in [-0.15, -0.1) is 0 Å². The number of ketones is 4. The molecule has 12 aromatic heterocycles. The first-order valence-corrected chi connectivity index (χ1v) is 40.5. The van der Waals surface area contributed by atoms with Crippen LogP contribution in [-0.4, -0.2) is 173 Å². The van der Waals surface area contributed by atoms with Crippen LogP contribution in [0.2, 0.25) is 5.15 Å². The first kappa shape index (κ1) is 118. The number of aromatic nitrogens is 19. The maximum atomic E-state index is 11.6. The maximum Gasteiger partial charge on any atom is 2.00 e. The number of alkyl halides is 1. The van der Waals surface area contributed by atoms with Crippen LogP contribution in [0.4, 0.5) is 17.8 Å². The molecule has 0 spiro atoms. The molecule has 0 aliphatic carbocycles. The minimum atomic E-state index is -1.02. The summed E-state index contributed by atoms with van der Waals surface area (Å²) in [4.78, 5) is 102. The molecule has 0 aliphatic rings. The Balaban J connectivity index is 0.000000559. The van der Waals surface area contributed by atoms with E-state index in [0.29, 0.717) is 138 Å². The maximum absolute atomic E-state index is 11.6. The summed E-state index contributed by atoms with van der Waals surface area (Å²) in [6.07, 6.45) is 14.4. The van der Waals surface area contributed by atoms with E-state index in [4.69, 9.17) is 58.3 Å². The number of pyridine rings is 5. The van der Waals surface area contributed by atoms with Crippen molar-refractivity contribution in [3.05, 3.63) is 311 Å². The average molecular weight is 2220 g/mol. The molecule has 680 valence electrons. The molecule has 36 nitrogen and oxygen atoms in total. The zero-order chi connectivity index (χ0) is 94.6. The van der Waals surface area contributed by atoms with Crippen molar-refractivity contribution in [3.8, 4) is 91.7 Å². The second-order valence-electron chi connectivity index (χ2n) is 28.1. The number of H-pyrrole nitrogens is 1. The first-order valence-electron chi connectivity index (χ1n) is 39.0. The van der Waals surface area contributed by atoms with Gasteiger partial charge < -0.3 is 72.5 Å². The summed E-state index contributed by atoms with van der Waals surface area (Å²) in [5.74, 6) is 1.47. The number of halogens is 3. The van der Waals surface area contributed by atoms with Crippen molar-refractivity contribution >= 4 is 98.0 Å². The number of nitriles is 3. The van der Waals surface area contributed by atoms with E-state index in [1.165, 1.54) is 54.6 Å². The summed E-state index contributed by atoms with van der Waals surface area (Å²) >= 11 is 9.10. The number of carbonyl (C=O) groups is 5. The summed E-state index contributed by atoms with van der Waals surface area (Å²) in [5, 5.41) is 66.7. The molecule has 0 saturated heterocycles. The van der Waals surface area contributed by atoms with E-state index in [2.05, 4.69) is 119 Å². The molecule has 135 heavy (non-hydrogen) atoms. The molecule has 0 radical (unpaired) electrons. The fourth-order valence-corrected chi connectivity index (χ4v) is 12.2. The second-order valence-corrected chi connectivity index (χ2v) is 29.0. The molecule has 8 N–H and O–H groups in total.